The first-order valence-electron chi connectivity index (χ1n) is 5.16. The van der Waals surface area contributed by atoms with Crippen LogP contribution in [0.5, 0.6) is 0 Å². The quantitative estimate of drug-likeness (QED) is 0.392. The van der Waals surface area contributed by atoms with Crippen molar-refractivity contribution in [1.29, 1.82) is 0 Å². The van der Waals surface area contributed by atoms with Gasteiger partial charge in [0.25, 0.3) is 0 Å². The predicted molar refractivity (Wildman–Crippen MR) is 67.2 cm³/mol. The van der Waals surface area contributed by atoms with Crippen LogP contribution in [0.1, 0.15) is 5.56 Å². The normalized spacial score (nSPS) is 11.6. The van der Waals surface area contributed by atoms with Crippen LogP contribution < -0.4 is 5.73 Å². The van der Waals surface area contributed by atoms with Gasteiger partial charge in [-0.2, -0.15) is 0 Å². The molecule has 1 heterocycles. The largest absolute Gasteiger partial charge is 0.409 e. The Kier molecular flexibility index (Phi) is 3.96. The lowest BCUT2D eigenvalue weighted by molar-refractivity contribution is 0.318. The minimum Gasteiger partial charge on any atom is -0.409 e. The van der Waals surface area contributed by atoms with Gasteiger partial charge in [0, 0.05) is 22.9 Å². The Morgan fingerprint density at radius 3 is 2.32 bits per heavy atom. The van der Waals surface area contributed by atoms with Gasteiger partial charge in [0.1, 0.15) is 11.6 Å². The first-order chi connectivity index (χ1) is 9.11. The van der Waals surface area contributed by atoms with Crippen molar-refractivity contribution in [2.24, 2.45) is 10.9 Å². The zero-order valence-electron chi connectivity index (χ0n) is 9.55. The maximum atomic E-state index is 13.8. The topological polar surface area (TPSA) is 71.5 Å². The predicted octanol–water partition coefficient (Wildman–Crippen LogP) is 2.61. The molecule has 0 unspecified atom stereocenters. The zero-order chi connectivity index (χ0) is 13.8. The molecule has 0 amide bonds. The van der Waals surface area contributed by atoms with Crippen molar-refractivity contribution in [1.82, 2.24) is 4.98 Å². The minimum atomic E-state index is -0.775. The van der Waals surface area contributed by atoms with Gasteiger partial charge in [-0.3, -0.25) is 4.98 Å². The Morgan fingerprint density at radius 1 is 1.21 bits per heavy atom. The maximum absolute atomic E-state index is 13.8. The SMILES string of the molecule is N/C(=N/O)c1cc(F)c(Sc2ccncc2)c(F)c1. The number of amidine groups is 1. The molecule has 0 saturated carbocycles. The second-order valence-corrected chi connectivity index (χ2v) is 4.62. The molecular formula is C12H9F2N3OS. The van der Waals surface area contributed by atoms with Gasteiger partial charge < -0.3 is 10.9 Å². The highest BCUT2D eigenvalue weighted by Crippen LogP contribution is 2.32. The van der Waals surface area contributed by atoms with Gasteiger partial charge in [-0.05, 0) is 24.3 Å². The smallest absolute Gasteiger partial charge is 0.170 e. The average molecular weight is 281 g/mol. The fourth-order valence-corrected chi connectivity index (χ4v) is 2.19. The van der Waals surface area contributed by atoms with E-state index in [0.29, 0.717) is 4.90 Å². The number of pyridine rings is 1. The van der Waals surface area contributed by atoms with Crippen LogP contribution in [0.25, 0.3) is 0 Å². The highest BCUT2D eigenvalue weighted by molar-refractivity contribution is 7.99. The lowest BCUT2D eigenvalue weighted by Crippen LogP contribution is -2.14. The van der Waals surface area contributed by atoms with Crippen molar-refractivity contribution in [2.75, 3.05) is 0 Å². The lowest BCUT2D eigenvalue weighted by Gasteiger charge is -2.07. The van der Waals surface area contributed by atoms with E-state index in [4.69, 9.17) is 10.9 Å². The molecule has 0 aliphatic rings. The Morgan fingerprint density at radius 2 is 1.79 bits per heavy atom. The summed E-state index contributed by atoms with van der Waals surface area (Å²) in [6.45, 7) is 0. The summed E-state index contributed by atoms with van der Waals surface area (Å²) in [7, 11) is 0. The van der Waals surface area contributed by atoms with E-state index in [2.05, 4.69) is 10.1 Å². The third-order valence-electron chi connectivity index (χ3n) is 2.27. The number of hydrogen-bond acceptors (Lipinski definition) is 4. The van der Waals surface area contributed by atoms with E-state index < -0.39 is 11.6 Å². The van der Waals surface area contributed by atoms with Crippen LogP contribution >= 0.6 is 11.8 Å². The molecule has 0 radical (unpaired) electrons. The fraction of sp³-hybridized carbons (Fsp3) is 0. The molecule has 1 aromatic carbocycles. The summed E-state index contributed by atoms with van der Waals surface area (Å²) in [5, 5.41) is 11.2. The second-order valence-electron chi connectivity index (χ2n) is 3.54. The third kappa shape index (κ3) is 3.00. The molecule has 0 fully saturated rings. The number of rotatable bonds is 3. The van der Waals surface area contributed by atoms with E-state index in [-0.39, 0.29) is 16.3 Å². The van der Waals surface area contributed by atoms with Crippen LogP contribution in [-0.4, -0.2) is 16.0 Å². The minimum absolute atomic E-state index is 0.0171. The molecule has 98 valence electrons. The van der Waals surface area contributed by atoms with E-state index >= 15 is 0 Å². The molecule has 0 saturated heterocycles. The molecule has 4 nitrogen and oxygen atoms in total. The van der Waals surface area contributed by atoms with Crippen LogP contribution in [0.15, 0.2) is 51.6 Å². The average Bonchev–Trinajstić information content (AvgIpc) is 2.43. The van der Waals surface area contributed by atoms with Crippen LogP contribution in [-0.2, 0) is 0 Å². The molecule has 1 aromatic heterocycles. The number of benzene rings is 1. The number of nitrogens with two attached hydrogens (primary N) is 1. The first kappa shape index (κ1) is 13.3. The highest BCUT2D eigenvalue weighted by atomic mass is 32.2. The number of hydrogen-bond donors (Lipinski definition) is 2. The number of nitrogens with zero attached hydrogens (tertiary/aromatic N) is 2. The van der Waals surface area contributed by atoms with Gasteiger partial charge in [0.15, 0.2) is 5.84 Å². The van der Waals surface area contributed by atoms with E-state index in [1.807, 2.05) is 0 Å². The molecule has 2 rings (SSSR count). The van der Waals surface area contributed by atoms with Gasteiger partial charge in [-0.25, -0.2) is 8.78 Å². The van der Waals surface area contributed by atoms with Crippen molar-refractivity contribution in [3.05, 3.63) is 53.9 Å². The Balaban J connectivity index is 2.38. The summed E-state index contributed by atoms with van der Waals surface area (Å²) < 4.78 is 27.6. The molecule has 0 aliphatic heterocycles. The molecule has 19 heavy (non-hydrogen) atoms. The molecule has 7 heteroatoms. The van der Waals surface area contributed by atoms with Crippen LogP contribution in [0, 0.1) is 11.6 Å². The zero-order valence-corrected chi connectivity index (χ0v) is 10.4. The molecular weight excluding hydrogens is 272 g/mol. The molecule has 3 N–H and O–H groups in total. The second kappa shape index (κ2) is 5.66. The Hall–Kier alpha value is -2.15. The van der Waals surface area contributed by atoms with Gasteiger partial charge in [0.05, 0.1) is 4.90 Å². The van der Waals surface area contributed by atoms with E-state index in [1.165, 1.54) is 12.4 Å². The molecule has 0 spiro atoms. The lowest BCUT2D eigenvalue weighted by atomic mass is 10.2. The van der Waals surface area contributed by atoms with Gasteiger partial charge >= 0.3 is 0 Å². The standard InChI is InChI=1S/C12H9F2N3OS/c13-9-5-7(12(15)17-18)6-10(14)11(9)19-8-1-3-16-4-2-8/h1-6,18H,(H2,15,17). The maximum Gasteiger partial charge on any atom is 0.170 e. The van der Waals surface area contributed by atoms with Crippen molar-refractivity contribution >= 4 is 17.6 Å². The Bertz CT molecular complexity index is 597. The molecule has 0 atom stereocenters. The van der Waals surface area contributed by atoms with Gasteiger partial charge in [-0.1, -0.05) is 16.9 Å². The van der Waals surface area contributed by atoms with E-state index in [0.717, 1.165) is 23.9 Å². The van der Waals surface area contributed by atoms with Crippen molar-refractivity contribution in [3.8, 4) is 0 Å². The summed E-state index contributed by atoms with van der Waals surface area (Å²) in [6, 6.07) is 5.31. The summed E-state index contributed by atoms with van der Waals surface area (Å²) in [5.74, 6) is -1.90. The molecule has 2 aromatic rings. The molecule has 0 aliphatic carbocycles. The fourth-order valence-electron chi connectivity index (χ4n) is 1.39. The Labute approximate surface area is 112 Å². The summed E-state index contributed by atoms with van der Waals surface area (Å²) in [5.41, 5.74) is 5.27. The first-order valence-corrected chi connectivity index (χ1v) is 5.98. The summed E-state index contributed by atoms with van der Waals surface area (Å²) in [6.07, 6.45) is 3.06. The summed E-state index contributed by atoms with van der Waals surface area (Å²) >= 11 is 0.936. The highest BCUT2D eigenvalue weighted by Gasteiger charge is 2.14. The van der Waals surface area contributed by atoms with E-state index in [1.54, 1.807) is 12.1 Å². The van der Waals surface area contributed by atoms with Crippen LogP contribution in [0.3, 0.4) is 0 Å². The van der Waals surface area contributed by atoms with Gasteiger partial charge in [-0.15, -0.1) is 0 Å². The van der Waals surface area contributed by atoms with Gasteiger partial charge in [0.2, 0.25) is 0 Å². The van der Waals surface area contributed by atoms with E-state index in [9.17, 15) is 8.78 Å². The monoisotopic (exact) mass is 281 g/mol. The molecule has 0 bridgehead atoms. The van der Waals surface area contributed by atoms with Crippen molar-refractivity contribution < 1.29 is 14.0 Å². The van der Waals surface area contributed by atoms with Crippen LogP contribution in [0.2, 0.25) is 0 Å². The van der Waals surface area contributed by atoms with Crippen LogP contribution in [0.4, 0.5) is 8.78 Å². The number of halogens is 2. The third-order valence-corrected chi connectivity index (χ3v) is 3.37. The number of aromatic nitrogens is 1. The summed E-state index contributed by atoms with van der Waals surface area (Å²) in [4.78, 5) is 4.32. The number of oxime groups is 1. The van der Waals surface area contributed by atoms with Crippen molar-refractivity contribution in [2.45, 2.75) is 9.79 Å². The van der Waals surface area contributed by atoms with Crippen molar-refractivity contribution in [3.63, 3.8) is 0 Å².